The third-order valence-electron chi connectivity index (χ3n) is 4.47. The van der Waals surface area contributed by atoms with Gasteiger partial charge in [-0.3, -0.25) is 4.79 Å². The highest BCUT2D eigenvalue weighted by Crippen LogP contribution is 2.23. The third-order valence-corrected chi connectivity index (χ3v) is 6.35. The first-order valence-electron chi connectivity index (χ1n) is 8.86. The van der Waals surface area contributed by atoms with Gasteiger partial charge in [-0.25, -0.2) is 13.4 Å². The largest absolute Gasteiger partial charge is 0.473 e. The van der Waals surface area contributed by atoms with Gasteiger partial charge in [0.15, 0.2) is 5.78 Å². The quantitative estimate of drug-likeness (QED) is 0.730. The molecule has 0 radical (unpaired) electrons. The molecule has 0 bridgehead atoms. The van der Waals surface area contributed by atoms with Gasteiger partial charge in [0.1, 0.15) is 11.9 Å². The van der Waals surface area contributed by atoms with Gasteiger partial charge in [-0.1, -0.05) is 12.1 Å². The fraction of sp³-hybridized carbons (Fsp3) is 0.421. The summed E-state index contributed by atoms with van der Waals surface area (Å²) in [6, 6.07) is 7.79. The Bertz CT molecular complexity index is 922. The van der Waals surface area contributed by atoms with Crippen molar-refractivity contribution in [3.63, 3.8) is 0 Å². The average Bonchev–Trinajstić information content (AvgIpc) is 2.61. The fourth-order valence-corrected chi connectivity index (χ4v) is 4.65. The first-order chi connectivity index (χ1) is 12.8. The van der Waals surface area contributed by atoms with Crippen LogP contribution < -0.4 is 4.74 Å². The highest BCUT2D eigenvalue weighted by atomic mass is 32.2. The lowest BCUT2D eigenvalue weighted by Crippen LogP contribution is -2.44. The van der Waals surface area contributed by atoms with Gasteiger partial charge in [0.2, 0.25) is 15.9 Å². The number of hydrogen-bond donors (Lipinski definition) is 0. The fourth-order valence-electron chi connectivity index (χ4n) is 3.14. The van der Waals surface area contributed by atoms with Crippen LogP contribution in [0.1, 0.15) is 41.6 Å². The minimum absolute atomic E-state index is 0.0965. The second-order valence-corrected chi connectivity index (χ2v) is 8.66. The van der Waals surface area contributed by atoms with Crippen LogP contribution in [0, 0.1) is 13.8 Å². The standard InChI is InChI=1S/C19H23N3O4S/c1-13-11-19(21-15(3)20-13)26-17-5-4-10-22(12-17)27(24,25)18-8-6-16(7-9-18)14(2)23/h6-9,11,17H,4-5,10,12H2,1-3H3. The third kappa shape index (κ3) is 4.51. The summed E-state index contributed by atoms with van der Waals surface area (Å²) in [5.41, 5.74) is 1.30. The molecule has 1 aromatic carbocycles. The Labute approximate surface area is 159 Å². The van der Waals surface area contributed by atoms with Crippen molar-refractivity contribution in [3.05, 3.63) is 47.4 Å². The van der Waals surface area contributed by atoms with E-state index >= 15 is 0 Å². The molecule has 27 heavy (non-hydrogen) atoms. The summed E-state index contributed by atoms with van der Waals surface area (Å²) < 4.78 is 33.2. The zero-order valence-electron chi connectivity index (χ0n) is 15.7. The lowest BCUT2D eigenvalue weighted by atomic mass is 10.1. The Morgan fingerprint density at radius 2 is 1.89 bits per heavy atom. The van der Waals surface area contributed by atoms with Crippen LogP contribution in [0.5, 0.6) is 5.88 Å². The van der Waals surface area contributed by atoms with Crippen molar-refractivity contribution in [1.29, 1.82) is 0 Å². The molecule has 1 saturated heterocycles. The molecule has 0 aliphatic carbocycles. The van der Waals surface area contributed by atoms with Crippen molar-refractivity contribution in [1.82, 2.24) is 14.3 Å². The zero-order chi connectivity index (χ0) is 19.6. The number of benzene rings is 1. The minimum atomic E-state index is -3.64. The Hall–Kier alpha value is -2.32. The summed E-state index contributed by atoms with van der Waals surface area (Å²) in [6.45, 7) is 5.82. The Morgan fingerprint density at radius 3 is 2.52 bits per heavy atom. The normalized spacial score (nSPS) is 18.3. The van der Waals surface area contributed by atoms with Crippen LogP contribution in [0.3, 0.4) is 0 Å². The van der Waals surface area contributed by atoms with Crippen molar-refractivity contribution in [2.45, 2.75) is 44.6 Å². The van der Waals surface area contributed by atoms with Crippen molar-refractivity contribution in [2.75, 3.05) is 13.1 Å². The molecule has 0 amide bonds. The van der Waals surface area contributed by atoms with Gasteiger partial charge in [-0.2, -0.15) is 9.29 Å². The molecule has 0 spiro atoms. The maximum atomic E-state index is 12.9. The van der Waals surface area contributed by atoms with E-state index in [0.717, 1.165) is 12.1 Å². The highest BCUT2D eigenvalue weighted by Gasteiger charge is 2.31. The van der Waals surface area contributed by atoms with E-state index in [1.54, 1.807) is 25.1 Å². The lowest BCUT2D eigenvalue weighted by Gasteiger charge is -2.31. The first kappa shape index (κ1) is 19.4. The van der Waals surface area contributed by atoms with Crippen molar-refractivity contribution in [3.8, 4) is 5.88 Å². The van der Waals surface area contributed by atoms with E-state index in [4.69, 9.17) is 4.74 Å². The average molecular weight is 389 g/mol. The Morgan fingerprint density at radius 1 is 1.19 bits per heavy atom. The number of sulfonamides is 1. The first-order valence-corrected chi connectivity index (χ1v) is 10.3. The number of carbonyl (C=O) groups excluding carboxylic acids is 1. The topological polar surface area (TPSA) is 89.5 Å². The predicted molar refractivity (Wildman–Crippen MR) is 100 cm³/mol. The molecule has 7 nitrogen and oxygen atoms in total. The van der Waals surface area contributed by atoms with E-state index in [9.17, 15) is 13.2 Å². The molecule has 0 saturated carbocycles. The van der Waals surface area contributed by atoms with Crippen LogP contribution in [-0.4, -0.2) is 47.7 Å². The summed E-state index contributed by atoms with van der Waals surface area (Å²) in [7, 11) is -3.64. The predicted octanol–water partition coefficient (Wildman–Crippen LogP) is 2.53. The van der Waals surface area contributed by atoms with Gasteiger partial charge in [0.25, 0.3) is 0 Å². The molecule has 1 aliphatic rings. The van der Waals surface area contributed by atoms with E-state index in [1.165, 1.54) is 23.4 Å². The number of nitrogens with zero attached hydrogens (tertiary/aromatic N) is 3. The van der Waals surface area contributed by atoms with E-state index in [2.05, 4.69) is 9.97 Å². The van der Waals surface area contributed by atoms with E-state index in [-0.39, 0.29) is 23.3 Å². The monoisotopic (exact) mass is 389 g/mol. The van der Waals surface area contributed by atoms with Gasteiger partial charge >= 0.3 is 0 Å². The van der Waals surface area contributed by atoms with Crippen LogP contribution in [0.15, 0.2) is 35.2 Å². The Kier molecular flexibility index (Phi) is 5.57. The van der Waals surface area contributed by atoms with E-state index in [0.29, 0.717) is 30.2 Å². The second kappa shape index (κ2) is 7.74. The number of aryl methyl sites for hydroxylation is 2. The number of hydrogen-bond acceptors (Lipinski definition) is 6. The molecule has 1 fully saturated rings. The summed E-state index contributed by atoms with van der Waals surface area (Å²) >= 11 is 0. The molecule has 2 aromatic rings. The molecule has 8 heteroatoms. The smallest absolute Gasteiger partial charge is 0.243 e. The van der Waals surface area contributed by atoms with Crippen LogP contribution in [0.2, 0.25) is 0 Å². The summed E-state index contributed by atoms with van der Waals surface area (Å²) in [5.74, 6) is 0.992. The van der Waals surface area contributed by atoms with Crippen LogP contribution in [-0.2, 0) is 10.0 Å². The maximum absolute atomic E-state index is 12.9. The van der Waals surface area contributed by atoms with Crippen LogP contribution in [0.25, 0.3) is 0 Å². The minimum Gasteiger partial charge on any atom is -0.473 e. The highest BCUT2D eigenvalue weighted by molar-refractivity contribution is 7.89. The number of ether oxygens (including phenoxy) is 1. The molecule has 1 aliphatic heterocycles. The molecule has 1 unspecified atom stereocenters. The van der Waals surface area contributed by atoms with Gasteiger partial charge in [-0.15, -0.1) is 0 Å². The number of rotatable bonds is 5. The molecule has 1 aromatic heterocycles. The molecule has 3 rings (SSSR count). The van der Waals surface area contributed by atoms with Crippen molar-refractivity contribution < 1.29 is 17.9 Å². The number of piperidine rings is 1. The summed E-state index contributed by atoms with van der Waals surface area (Å²) in [5, 5.41) is 0. The number of ketones is 1. The van der Waals surface area contributed by atoms with E-state index < -0.39 is 10.0 Å². The van der Waals surface area contributed by atoms with Crippen molar-refractivity contribution in [2.24, 2.45) is 0 Å². The number of carbonyl (C=O) groups is 1. The van der Waals surface area contributed by atoms with Crippen molar-refractivity contribution >= 4 is 15.8 Å². The van der Waals surface area contributed by atoms with Gasteiger partial charge in [0.05, 0.1) is 11.4 Å². The number of aromatic nitrogens is 2. The van der Waals surface area contributed by atoms with Gasteiger partial charge < -0.3 is 4.74 Å². The molecule has 0 N–H and O–H groups in total. The lowest BCUT2D eigenvalue weighted by molar-refractivity contribution is 0.101. The number of Topliss-reactive ketones (excluding diaryl/α,β-unsaturated/α-hetero) is 1. The molecule has 144 valence electrons. The summed E-state index contributed by atoms with van der Waals surface area (Å²) in [6.07, 6.45) is 1.20. The Balaban J connectivity index is 1.75. The van der Waals surface area contributed by atoms with E-state index in [1.807, 2.05) is 6.92 Å². The van der Waals surface area contributed by atoms with Crippen LogP contribution in [0.4, 0.5) is 0 Å². The van der Waals surface area contributed by atoms with Gasteiger partial charge in [-0.05, 0) is 45.7 Å². The van der Waals surface area contributed by atoms with Crippen LogP contribution >= 0.6 is 0 Å². The maximum Gasteiger partial charge on any atom is 0.243 e. The molecular weight excluding hydrogens is 366 g/mol. The SMILES string of the molecule is CC(=O)c1ccc(S(=O)(=O)N2CCCC(Oc3cc(C)nc(C)n3)C2)cc1. The molecule has 1 atom stereocenters. The second-order valence-electron chi connectivity index (χ2n) is 6.72. The molecule has 2 heterocycles. The summed E-state index contributed by atoms with van der Waals surface area (Å²) in [4.78, 5) is 20.1. The zero-order valence-corrected chi connectivity index (χ0v) is 16.5. The molecular formula is C19H23N3O4S. The van der Waals surface area contributed by atoms with Gasteiger partial charge in [0, 0.05) is 23.9 Å².